The number of anilines is 1. The molecule has 0 aliphatic heterocycles. The standard InChI is InChI=1S/C20H21ClN6O3S/c21-14-7-5-13(6-8-14)19-25-26-20(30-19)31-12-18(29)24-16-9-22-27(10-16)11-17(28)23-15-3-1-2-4-15/h5-10,15H,1-4,11-12H2,(H,23,28)(H,24,29). The van der Waals surface area contributed by atoms with Gasteiger partial charge in [-0.3, -0.25) is 14.3 Å². The number of carbonyl (C=O) groups excluding carboxylic acids is 2. The summed E-state index contributed by atoms with van der Waals surface area (Å²) in [4.78, 5) is 24.3. The molecule has 0 saturated heterocycles. The molecule has 4 rings (SSSR count). The molecule has 2 heterocycles. The number of hydrogen-bond acceptors (Lipinski definition) is 7. The van der Waals surface area contributed by atoms with Gasteiger partial charge in [-0.25, -0.2) is 0 Å². The number of carbonyl (C=O) groups is 2. The van der Waals surface area contributed by atoms with Crippen LogP contribution >= 0.6 is 23.4 Å². The molecule has 2 aromatic heterocycles. The lowest BCUT2D eigenvalue weighted by Crippen LogP contribution is -2.35. The zero-order chi connectivity index (χ0) is 21.6. The number of rotatable bonds is 8. The van der Waals surface area contributed by atoms with Gasteiger partial charge in [-0.15, -0.1) is 10.2 Å². The quantitative estimate of drug-likeness (QED) is 0.495. The number of nitrogens with one attached hydrogen (secondary N) is 2. The summed E-state index contributed by atoms with van der Waals surface area (Å²) < 4.78 is 7.07. The second kappa shape index (κ2) is 9.97. The summed E-state index contributed by atoms with van der Waals surface area (Å²) in [6.45, 7) is 0.122. The first-order valence-corrected chi connectivity index (χ1v) is 11.3. The molecule has 2 amide bonds. The molecule has 0 atom stereocenters. The molecule has 1 aliphatic carbocycles. The number of nitrogens with zero attached hydrogens (tertiary/aromatic N) is 4. The van der Waals surface area contributed by atoms with Crippen LogP contribution in [0.3, 0.4) is 0 Å². The third kappa shape index (κ3) is 6.08. The van der Waals surface area contributed by atoms with Gasteiger partial charge in [0.25, 0.3) is 5.22 Å². The number of aromatic nitrogens is 4. The molecule has 1 fully saturated rings. The molecule has 1 saturated carbocycles. The molecule has 0 bridgehead atoms. The minimum absolute atomic E-state index is 0.0729. The van der Waals surface area contributed by atoms with Crippen molar-refractivity contribution in [3.8, 4) is 11.5 Å². The maximum absolute atomic E-state index is 12.2. The SMILES string of the molecule is O=C(CSc1nnc(-c2ccc(Cl)cc2)o1)Nc1cnn(CC(=O)NC2CCCC2)c1. The van der Waals surface area contributed by atoms with E-state index >= 15 is 0 Å². The number of hydrogen-bond donors (Lipinski definition) is 2. The van der Waals surface area contributed by atoms with E-state index in [-0.39, 0.29) is 30.2 Å². The first-order valence-electron chi connectivity index (χ1n) is 9.89. The maximum Gasteiger partial charge on any atom is 0.277 e. The van der Waals surface area contributed by atoms with Crippen molar-refractivity contribution in [3.63, 3.8) is 0 Å². The number of thioether (sulfide) groups is 1. The van der Waals surface area contributed by atoms with Gasteiger partial charge in [0, 0.05) is 22.8 Å². The van der Waals surface area contributed by atoms with Crippen molar-refractivity contribution in [2.75, 3.05) is 11.1 Å². The summed E-state index contributed by atoms with van der Waals surface area (Å²) in [5, 5.41) is 18.7. The lowest BCUT2D eigenvalue weighted by molar-refractivity contribution is -0.122. The van der Waals surface area contributed by atoms with Crippen molar-refractivity contribution in [3.05, 3.63) is 41.7 Å². The minimum Gasteiger partial charge on any atom is -0.411 e. The second-order valence-corrected chi connectivity index (χ2v) is 8.56. The van der Waals surface area contributed by atoms with Crippen molar-refractivity contribution >= 4 is 40.9 Å². The predicted molar refractivity (Wildman–Crippen MR) is 117 cm³/mol. The van der Waals surface area contributed by atoms with E-state index in [9.17, 15) is 9.59 Å². The topological polar surface area (TPSA) is 115 Å². The van der Waals surface area contributed by atoms with E-state index in [0.717, 1.165) is 43.0 Å². The average molecular weight is 461 g/mol. The van der Waals surface area contributed by atoms with E-state index in [1.54, 1.807) is 30.5 Å². The molecule has 0 spiro atoms. The summed E-state index contributed by atoms with van der Waals surface area (Å²) >= 11 is 7.01. The minimum atomic E-state index is -0.244. The van der Waals surface area contributed by atoms with Crippen LogP contribution < -0.4 is 10.6 Å². The third-order valence-electron chi connectivity index (χ3n) is 4.77. The maximum atomic E-state index is 12.2. The lowest BCUT2D eigenvalue weighted by atomic mass is 10.2. The Bertz CT molecular complexity index is 1050. The Morgan fingerprint density at radius 1 is 1.16 bits per heavy atom. The largest absolute Gasteiger partial charge is 0.411 e. The van der Waals surface area contributed by atoms with Gasteiger partial charge >= 0.3 is 0 Å². The van der Waals surface area contributed by atoms with Crippen molar-refractivity contribution in [1.82, 2.24) is 25.3 Å². The molecule has 11 heteroatoms. The number of amides is 2. The Morgan fingerprint density at radius 2 is 1.94 bits per heavy atom. The summed E-state index contributed by atoms with van der Waals surface area (Å²) in [5.74, 6) is 0.134. The van der Waals surface area contributed by atoms with E-state index in [1.807, 2.05) is 0 Å². The molecule has 0 radical (unpaired) electrons. The van der Waals surface area contributed by atoms with E-state index in [4.69, 9.17) is 16.0 Å². The van der Waals surface area contributed by atoms with Crippen LogP contribution in [0, 0.1) is 0 Å². The molecule has 9 nitrogen and oxygen atoms in total. The first-order chi connectivity index (χ1) is 15.0. The fraction of sp³-hybridized carbons (Fsp3) is 0.350. The van der Waals surface area contributed by atoms with Crippen LogP contribution in [0.15, 0.2) is 46.3 Å². The Balaban J connectivity index is 1.23. The second-order valence-electron chi connectivity index (χ2n) is 7.19. The van der Waals surface area contributed by atoms with Gasteiger partial charge < -0.3 is 15.1 Å². The van der Waals surface area contributed by atoms with Crippen LogP contribution in [-0.2, 0) is 16.1 Å². The molecule has 1 aliphatic rings. The molecular weight excluding hydrogens is 440 g/mol. The summed E-state index contributed by atoms with van der Waals surface area (Å²) in [5.41, 5.74) is 1.27. The highest BCUT2D eigenvalue weighted by Gasteiger charge is 2.17. The molecule has 2 N–H and O–H groups in total. The predicted octanol–water partition coefficient (Wildman–Crippen LogP) is 3.38. The van der Waals surface area contributed by atoms with Crippen LogP contribution in [0.1, 0.15) is 25.7 Å². The van der Waals surface area contributed by atoms with E-state index in [0.29, 0.717) is 21.8 Å². The molecule has 0 unspecified atom stereocenters. The van der Waals surface area contributed by atoms with Gasteiger partial charge in [0.05, 0.1) is 17.6 Å². The van der Waals surface area contributed by atoms with Crippen LogP contribution in [-0.4, -0.2) is 43.6 Å². The summed E-state index contributed by atoms with van der Waals surface area (Å²) in [6, 6.07) is 7.30. The fourth-order valence-electron chi connectivity index (χ4n) is 3.31. The highest BCUT2D eigenvalue weighted by Crippen LogP contribution is 2.24. The van der Waals surface area contributed by atoms with Crippen LogP contribution in [0.25, 0.3) is 11.5 Å². The Kier molecular flexibility index (Phi) is 6.88. The van der Waals surface area contributed by atoms with Gasteiger partial charge in [0.1, 0.15) is 6.54 Å². The van der Waals surface area contributed by atoms with E-state index in [1.165, 1.54) is 10.9 Å². The Labute approximate surface area is 187 Å². The van der Waals surface area contributed by atoms with Crippen LogP contribution in [0.5, 0.6) is 0 Å². The molecule has 3 aromatic rings. The van der Waals surface area contributed by atoms with Gasteiger partial charge in [-0.1, -0.05) is 36.2 Å². The van der Waals surface area contributed by atoms with Crippen LogP contribution in [0.2, 0.25) is 5.02 Å². The number of halogens is 1. The first kappa shape index (κ1) is 21.4. The number of benzene rings is 1. The monoisotopic (exact) mass is 460 g/mol. The van der Waals surface area contributed by atoms with Crippen molar-refractivity contribution in [1.29, 1.82) is 0 Å². The summed E-state index contributed by atoms with van der Waals surface area (Å²) in [7, 11) is 0. The van der Waals surface area contributed by atoms with Gasteiger partial charge in [0.2, 0.25) is 17.7 Å². The zero-order valence-corrected chi connectivity index (χ0v) is 18.2. The van der Waals surface area contributed by atoms with E-state index in [2.05, 4.69) is 25.9 Å². The van der Waals surface area contributed by atoms with Gasteiger partial charge in [-0.05, 0) is 37.1 Å². The van der Waals surface area contributed by atoms with Gasteiger partial charge in [0.15, 0.2) is 0 Å². The zero-order valence-electron chi connectivity index (χ0n) is 16.6. The Hall–Kier alpha value is -2.85. The van der Waals surface area contributed by atoms with Crippen molar-refractivity contribution < 1.29 is 14.0 Å². The normalized spacial score (nSPS) is 14.0. The fourth-order valence-corrected chi connectivity index (χ4v) is 4.00. The lowest BCUT2D eigenvalue weighted by Gasteiger charge is -2.11. The van der Waals surface area contributed by atoms with E-state index < -0.39 is 0 Å². The molecule has 162 valence electrons. The summed E-state index contributed by atoms with van der Waals surface area (Å²) in [6.07, 6.45) is 7.52. The average Bonchev–Trinajstić information content (AvgIpc) is 3.50. The molecule has 1 aromatic carbocycles. The highest BCUT2D eigenvalue weighted by atomic mass is 35.5. The van der Waals surface area contributed by atoms with Crippen LogP contribution in [0.4, 0.5) is 5.69 Å². The highest BCUT2D eigenvalue weighted by molar-refractivity contribution is 7.99. The van der Waals surface area contributed by atoms with Gasteiger partial charge in [-0.2, -0.15) is 5.10 Å². The van der Waals surface area contributed by atoms with Crippen molar-refractivity contribution in [2.45, 2.75) is 43.5 Å². The van der Waals surface area contributed by atoms with Crippen molar-refractivity contribution in [2.24, 2.45) is 0 Å². The molecule has 31 heavy (non-hydrogen) atoms. The molecular formula is C20H21ClN6O3S. The third-order valence-corrected chi connectivity index (χ3v) is 5.84. The Morgan fingerprint density at radius 3 is 2.71 bits per heavy atom. The smallest absolute Gasteiger partial charge is 0.277 e.